The number of rotatable bonds is 2. The Hall–Kier alpha value is -3.86. The van der Waals surface area contributed by atoms with Crippen molar-refractivity contribution in [3.63, 3.8) is 0 Å². The van der Waals surface area contributed by atoms with Crippen molar-refractivity contribution < 1.29 is 19.1 Å². The van der Waals surface area contributed by atoms with Crippen LogP contribution in [0, 0.1) is 13.8 Å². The van der Waals surface area contributed by atoms with Crippen molar-refractivity contribution in [1.29, 1.82) is 0 Å². The number of benzene rings is 3. The molecule has 3 aromatic carbocycles. The molecule has 0 aliphatic carbocycles. The number of nitrogen functional groups attached to an aromatic ring is 1. The number of ether oxygens (including phenoxy) is 2. The number of carbonyl (C=O) groups excluding carboxylic acids is 2. The van der Waals surface area contributed by atoms with Crippen LogP contribution in [0.15, 0.2) is 54.6 Å². The van der Waals surface area contributed by atoms with E-state index in [1.165, 1.54) is 0 Å². The van der Waals surface area contributed by atoms with Gasteiger partial charge in [-0.05, 0) is 60.4 Å². The Labute approximate surface area is 166 Å². The van der Waals surface area contributed by atoms with Crippen molar-refractivity contribution in [2.45, 2.75) is 13.8 Å². The lowest BCUT2D eigenvalue weighted by Crippen LogP contribution is -2.11. The second-order valence-corrected chi connectivity index (χ2v) is 7.26. The van der Waals surface area contributed by atoms with Crippen molar-refractivity contribution in [3.8, 4) is 11.5 Å². The van der Waals surface area contributed by atoms with Crippen LogP contribution >= 0.6 is 0 Å². The fraction of sp³-hybridized carbons (Fsp3) is 0.0833. The molecular formula is C24H17NO4. The molecule has 5 heteroatoms. The Kier molecular flexibility index (Phi) is 3.61. The van der Waals surface area contributed by atoms with Gasteiger partial charge in [0.25, 0.3) is 0 Å². The van der Waals surface area contributed by atoms with Gasteiger partial charge in [-0.2, -0.15) is 0 Å². The minimum Gasteiger partial charge on any atom is -0.422 e. The van der Waals surface area contributed by atoms with Crippen LogP contribution in [0.25, 0.3) is 11.1 Å². The molecule has 0 unspecified atom stereocenters. The fourth-order valence-corrected chi connectivity index (χ4v) is 3.91. The first-order valence-corrected chi connectivity index (χ1v) is 9.23. The van der Waals surface area contributed by atoms with Crippen molar-refractivity contribution in [1.82, 2.24) is 0 Å². The summed E-state index contributed by atoms with van der Waals surface area (Å²) in [6.45, 7) is 3.80. The molecule has 0 saturated carbocycles. The molecule has 0 radical (unpaired) electrons. The van der Waals surface area contributed by atoms with Gasteiger partial charge in [-0.3, -0.25) is 0 Å². The molecule has 0 fully saturated rings. The normalized spacial score (nSPS) is 14.6. The van der Waals surface area contributed by atoms with E-state index in [2.05, 4.69) is 0 Å². The van der Waals surface area contributed by atoms with E-state index in [1.54, 1.807) is 12.1 Å². The summed E-state index contributed by atoms with van der Waals surface area (Å²) in [5, 5.41) is 1.23. The number of carbonyl (C=O) groups is 2. The molecule has 5 rings (SSSR count). The van der Waals surface area contributed by atoms with Gasteiger partial charge in [0, 0.05) is 16.1 Å². The van der Waals surface area contributed by atoms with Gasteiger partial charge in [-0.15, -0.1) is 0 Å². The highest BCUT2D eigenvalue weighted by Crippen LogP contribution is 2.29. The largest absolute Gasteiger partial charge is 0.422 e. The number of esters is 2. The van der Waals surface area contributed by atoms with Crippen LogP contribution in [0.5, 0.6) is 11.5 Å². The summed E-state index contributed by atoms with van der Waals surface area (Å²) in [5.41, 5.74) is 10.9. The highest BCUT2D eigenvalue weighted by molar-refractivity contribution is 6.21. The quantitative estimate of drug-likeness (QED) is 0.417. The summed E-state index contributed by atoms with van der Waals surface area (Å²) in [6, 6.07) is 16.5. The summed E-state index contributed by atoms with van der Waals surface area (Å²) in [7, 11) is 0. The molecule has 2 aliphatic rings. The highest BCUT2D eigenvalue weighted by Gasteiger charge is 2.30. The molecule has 2 N–H and O–H groups in total. The van der Waals surface area contributed by atoms with Crippen LogP contribution < -0.4 is 25.6 Å². The van der Waals surface area contributed by atoms with E-state index >= 15 is 0 Å². The molecule has 0 amide bonds. The van der Waals surface area contributed by atoms with Crippen molar-refractivity contribution in [2.75, 3.05) is 5.73 Å². The standard InChI is InChI=1S/C24H17NO4/c1-12-8-15(9-13(2)22(12)25)21-17-11-18-16(10-19(17)29-24(21)27)20(23(26)28-18)14-6-4-3-5-7-14/h3-11H,25H2,1-2H3. The number of hydrogen-bond donors (Lipinski definition) is 1. The van der Waals surface area contributed by atoms with E-state index in [0.717, 1.165) is 22.3 Å². The van der Waals surface area contributed by atoms with Gasteiger partial charge in [0.15, 0.2) is 0 Å². The predicted molar refractivity (Wildman–Crippen MR) is 109 cm³/mol. The van der Waals surface area contributed by atoms with Crippen LogP contribution in [0.1, 0.15) is 22.3 Å². The van der Waals surface area contributed by atoms with Crippen LogP contribution in [-0.4, -0.2) is 11.9 Å². The summed E-state index contributed by atoms with van der Waals surface area (Å²) in [4.78, 5) is 25.2. The number of aryl methyl sites for hydroxylation is 2. The Balaban J connectivity index is 1.79. The summed E-state index contributed by atoms with van der Waals surface area (Å²) < 4.78 is 11.1. The van der Waals surface area contributed by atoms with E-state index in [1.807, 2.05) is 56.3 Å². The molecule has 0 spiro atoms. The molecule has 0 saturated heterocycles. The topological polar surface area (TPSA) is 78.6 Å². The summed E-state index contributed by atoms with van der Waals surface area (Å²) >= 11 is 0. The van der Waals surface area contributed by atoms with E-state index in [-0.39, 0.29) is 0 Å². The molecule has 2 aliphatic heterocycles. The lowest BCUT2D eigenvalue weighted by atomic mass is 9.97. The first-order chi connectivity index (χ1) is 13.9. The Morgan fingerprint density at radius 1 is 0.690 bits per heavy atom. The minimum atomic E-state index is -0.431. The van der Waals surface area contributed by atoms with Crippen LogP contribution in [0.4, 0.5) is 5.69 Å². The lowest BCUT2D eigenvalue weighted by Gasteiger charge is -2.08. The van der Waals surface area contributed by atoms with Gasteiger partial charge in [0.1, 0.15) is 11.5 Å². The van der Waals surface area contributed by atoms with Crippen molar-refractivity contribution in [3.05, 3.63) is 87.3 Å². The van der Waals surface area contributed by atoms with Crippen LogP contribution in [-0.2, 0) is 9.59 Å². The SMILES string of the molecule is Cc1cc(C2=c3cc4c(cc3OC2=O)=C(c2ccccc2)C(=O)O4)cc(C)c1N. The Morgan fingerprint density at radius 2 is 1.17 bits per heavy atom. The highest BCUT2D eigenvalue weighted by atomic mass is 16.5. The Bertz CT molecular complexity index is 1330. The number of fused-ring (bicyclic) bond motifs is 2. The molecule has 2 heterocycles. The number of nitrogens with two attached hydrogens (primary N) is 1. The second kappa shape index (κ2) is 6.07. The zero-order valence-electron chi connectivity index (χ0n) is 15.9. The summed E-state index contributed by atoms with van der Waals surface area (Å²) in [6.07, 6.45) is 0. The van der Waals surface area contributed by atoms with Crippen LogP contribution in [0.3, 0.4) is 0 Å². The zero-order valence-corrected chi connectivity index (χ0v) is 15.9. The minimum absolute atomic E-state index is 0.415. The fourth-order valence-electron chi connectivity index (χ4n) is 3.91. The van der Waals surface area contributed by atoms with Gasteiger partial charge in [0.2, 0.25) is 0 Å². The van der Waals surface area contributed by atoms with E-state index < -0.39 is 11.9 Å². The van der Waals surface area contributed by atoms with Gasteiger partial charge in [-0.1, -0.05) is 30.3 Å². The molecule has 5 nitrogen and oxygen atoms in total. The average molecular weight is 383 g/mol. The first-order valence-electron chi connectivity index (χ1n) is 9.23. The third-order valence-electron chi connectivity index (χ3n) is 5.38. The smallest absolute Gasteiger partial charge is 0.344 e. The van der Waals surface area contributed by atoms with Crippen molar-refractivity contribution in [2.24, 2.45) is 0 Å². The number of anilines is 1. The van der Waals surface area contributed by atoms with E-state index in [4.69, 9.17) is 15.2 Å². The maximum Gasteiger partial charge on any atom is 0.344 e. The van der Waals surface area contributed by atoms with Crippen LogP contribution in [0.2, 0.25) is 0 Å². The third-order valence-corrected chi connectivity index (χ3v) is 5.38. The molecule has 0 atom stereocenters. The maximum absolute atomic E-state index is 12.7. The Morgan fingerprint density at radius 3 is 1.69 bits per heavy atom. The molecule has 3 aromatic rings. The number of hydrogen-bond acceptors (Lipinski definition) is 5. The predicted octanol–water partition coefficient (Wildman–Crippen LogP) is 2.12. The van der Waals surface area contributed by atoms with Gasteiger partial charge < -0.3 is 15.2 Å². The zero-order chi connectivity index (χ0) is 20.3. The lowest BCUT2D eigenvalue weighted by molar-refractivity contribution is -0.128. The maximum atomic E-state index is 12.7. The van der Waals surface area contributed by atoms with Gasteiger partial charge in [0.05, 0.1) is 11.1 Å². The van der Waals surface area contributed by atoms with Gasteiger partial charge in [-0.25, -0.2) is 9.59 Å². The molecule has 0 aromatic heterocycles. The summed E-state index contributed by atoms with van der Waals surface area (Å²) in [5.74, 6) is -0.00309. The van der Waals surface area contributed by atoms with Gasteiger partial charge >= 0.3 is 11.9 Å². The average Bonchev–Trinajstić information content (AvgIpc) is 3.18. The van der Waals surface area contributed by atoms with E-state index in [0.29, 0.717) is 38.8 Å². The molecular weight excluding hydrogens is 366 g/mol. The first kappa shape index (κ1) is 17.3. The second-order valence-electron chi connectivity index (χ2n) is 7.26. The monoisotopic (exact) mass is 383 g/mol. The van der Waals surface area contributed by atoms with E-state index in [9.17, 15) is 9.59 Å². The third kappa shape index (κ3) is 2.55. The molecule has 0 bridgehead atoms. The van der Waals surface area contributed by atoms with Crippen molar-refractivity contribution >= 4 is 28.8 Å². The molecule has 142 valence electrons. The molecule has 29 heavy (non-hydrogen) atoms.